The van der Waals surface area contributed by atoms with Gasteiger partial charge in [-0.3, -0.25) is 19.3 Å². The molecule has 2 aromatic carbocycles. The largest absolute Gasteiger partial charge is 0.494 e. The fraction of sp³-hybridized carbons (Fsp3) is 0.0952. The molecule has 9 heteroatoms. The average Bonchev–Trinajstić information content (AvgIpc) is 2.99. The van der Waals surface area contributed by atoms with Crippen molar-refractivity contribution in [3.05, 3.63) is 80.3 Å². The maximum Gasteiger partial charge on any atom is 0.416 e. The molecule has 1 aliphatic heterocycles. The number of hydrogen-bond acceptors (Lipinski definition) is 4. The number of halogens is 3. The van der Waals surface area contributed by atoms with Crippen LogP contribution in [0.4, 0.5) is 18.9 Å². The van der Waals surface area contributed by atoms with Crippen molar-refractivity contribution in [1.29, 1.82) is 0 Å². The third-order valence-corrected chi connectivity index (χ3v) is 5.00. The Morgan fingerprint density at radius 3 is 2.63 bits per heavy atom. The molecule has 2 heterocycles. The van der Waals surface area contributed by atoms with Crippen LogP contribution in [0, 0.1) is 4.77 Å². The second-order valence-corrected chi connectivity index (χ2v) is 7.04. The van der Waals surface area contributed by atoms with E-state index in [1.807, 2.05) is 24.3 Å². The Bertz CT molecular complexity index is 1350. The van der Waals surface area contributed by atoms with E-state index in [9.17, 15) is 23.1 Å². The number of fused-ring (bicyclic) bond motifs is 1. The molecule has 0 aliphatic carbocycles. The summed E-state index contributed by atoms with van der Waals surface area (Å²) >= 11 is 5.10. The Morgan fingerprint density at radius 2 is 1.90 bits per heavy atom. The van der Waals surface area contributed by atoms with Gasteiger partial charge < -0.3 is 5.11 Å². The van der Waals surface area contributed by atoms with E-state index in [0.29, 0.717) is 11.3 Å². The molecule has 0 saturated heterocycles. The van der Waals surface area contributed by atoms with Gasteiger partial charge in [0.05, 0.1) is 16.9 Å². The number of nitrogens with one attached hydrogen (secondary N) is 1. The molecule has 0 amide bonds. The van der Waals surface area contributed by atoms with Crippen LogP contribution >= 0.6 is 12.2 Å². The number of aromatic nitrogens is 2. The van der Waals surface area contributed by atoms with Crippen molar-refractivity contribution in [3.8, 4) is 11.6 Å². The Morgan fingerprint density at radius 1 is 1.17 bits per heavy atom. The lowest BCUT2D eigenvalue weighted by Gasteiger charge is -2.14. The summed E-state index contributed by atoms with van der Waals surface area (Å²) < 4.78 is 40.1. The SMILES string of the molecule is CC1=Nc2ccccc2/C1=C/c1c(O)n(-c2cccc(C(F)(F)F)c2)c(=S)[nH]c1=O. The number of H-pyrrole nitrogens is 1. The summed E-state index contributed by atoms with van der Waals surface area (Å²) in [6.07, 6.45) is -3.11. The molecule has 152 valence electrons. The van der Waals surface area contributed by atoms with Crippen LogP contribution < -0.4 is 5.56 Å². The first-order valence-electron chi connectivity index (χ1n) is 8.79. The van der Waals surface area contributed by atoms with Gasteiger partial charge in [-0.1, -0.05) is 24.3 Å². The van der Waals surface area contributed by atoms with Crippen LogP contribution in [-0.4, -0.2) is 20.4 Å². The van der Waals surface area contributed by atoms with E-state index in [2.05, 4.69) is 9.98 Å². The van der Waals surface area contributed by atoms with E-state index >= 15 is 0 Å². The molecule has 0 bridgehead atoms. The van der Waals surface area contributed by atoms with E-state index in [0.717, 1.165) is 28.0 Å². The molecule has 0 atom stereocenters. The van der Waals surface area contributed by atoms with Gasteiger partial charge in [0, 0.05) is 16.8 Å². The Kier molecular flexibility index (Phi) is 4.70. The van der Waals surface area contributed by atoms with Crippen LogP contribution in [0.25, 0.3) is 17.3 Å². The minimum absolute atomic E-state index is 0.0274. The smallest absolute Gasteiger partial charge is 0.416 e. The number of benzene rings is 2. The number of para-hydroxylation sites is 1. The number of rotatable bonds is 2. The van der Waals surface area contributed by atoms with Crippen molar-refractivity contribution < 1.29 is 18.3 Å². The molecule has 1 aliphatic rings. The Hall–Kier alpha value is -3.46. The molecule has 5 nitrogen and oxygen atoms in total. The van der Waals surface area contributed by atoms with Gasteiger partial charge >= 0.3 is 6.18 Å². The third-order valence-electron chi connectivity index (χ3n) is 4.71. The van der Waals surface area contributed by atoms with E-state index in [4.69, 9.17) is 12.2 Å². The van der Waals surface area contributed by atoms with Crippen LogP contribution in [0.5, 0.6) is 5.88 Å². The summed E-state index contributed by atoms with van der Waals surface area (Å²) in [7, 11) is 0. The van der Waals surface area contributed by atoms with E-state index in [1.54, 1.807) is 6.92 Å². The lowest BCUT2D eigenvalue weighted by molar-refractivity contribution is -0.137. The van der Waals surface area contributed by atoms with Gasteiger partial charge in [-0.25, -0.2) is 0 Å². The van der Waals surface area contributed by atoms with Crippen molar-refractivity contribution >= 4 is 35.3 Å². The Balaban J connectivity index is 1.93. The number of hydrogen-bond donors (Lipinski definition) is 2. The minimum Gasteiger partial charge on any atom is -0.494 e. The van der Waals surface area contributed by atoms with Crippen molar-refractivity contribution in [1.82, 2.24) is 9.55 Å². The topological polar surface area (TPSA) is 70.4 Å². The average molecular weight is 429 g/mol. The van der Waals surface area contributed by atoms with Gasteiger partial charge in [0.25, 0.3) is 5.56 Å². The normalized spacial score (nSPS) is 14.7. The lowest BCUT2D eigenvalue weighted by atomic mass is 10.0. The Labute approximate surface area is 173 Å². The van der Waals surface area contributed by atoms with Crippen LogP contribution in [0.1, 0.15) is 23.6 Å². The predicted molar refractivity (Wildman–Crippen MR) is 111 cm³/mol. The third kappa shape index (κ3) is 3.37. The number of alkyl halides is 3. The lowest BCUT2D eigenvalue weighted by Crippen LogP contribution is -2.16. The molecule has 30 heavy (non-hydrogen) atoms. The number of aromatic amines is 1. The molecule has 1 aromatic heterocycles. The van der Waals surface area contributed by atoms with Gasteiger partial charge in [-0.2, -0.15) is 13.2 Å². The van der Waals surface area contributed by atoms with Crippen molar-refractivity contribution in [2.45, 2.75) is 13.1 Å². The molecule has 4 rings (SSSR count). The molecule has 3 aromatic rings. The summed E-state index contributed by atoms with van der Waals surface area (Å²) in [4.78, 5) is 19.4. The summed E-state index contributed by atoms with van der Waals surface area (Å²) in [5.41, 5.74) is 1.04. The first-order chi connectivity index (χ1) is 14.2. The highest BCUT2D eigenvalue weighted by molar-refractivity contribution is 7.71. The maximum atomic E-state index is 13.1. The highest BCUT2D eigenvalue weighted by Crippen LogP contribution is 2.36. The van der Waals surface area contributed by atoms with Crippen LogP contribution in [0.3, 0.4) is 0 Å². The summed E-state index contributed by atoms with van der Waals surface area (Å²) in [6.45, 7) is 1.76. The first-order valence-corrected chi connectivity index (χ1v) is 9.20. The number of nitrogens with zero attached hydrogens (tertiary/aromatic N) is 2. The van der Waals surface area contributed by atoms with Crippen LogP contribution in [0.2, 0.25) is 0 Å². The zero-order chi connectivity index (χ0) is 21.6. The maximum absolute atomic E-state index is 13.1. The van der Waals surface area contributed by atoms with Crippen LogP contribution in [-0.2, 0) is 6.18 Å². The number of aromatic hydroxyl groups is 1. The highest BCUT2D eigenvalue weighted by Gasteiger charge is 2.31. The van der Waals surface area contributed by atoms with Gasteiger partial charge in [0.15, 0.2) is 4.77 Å². The molecule has 2 N–H and O–H groups in total. The molecule has 0 spiro atoms. The monoisotopic (exact) mass is 429 g/mol. The molecular weight excluding hydrogens is 415 g/mol. The zero-order valence-electron chi connectivity index (χ0n) is 15.5. The standard InChI is InChI=1S/C21H14F3N3O2S/c1-11-15(14-7-2-3-8-17(14)25-11)10-16-18(28)26-20(30)27(19(16)29)13-6-4-5-12(9-13)21(22,23)24/h2-10,29H,1H3,(H,26,28,30)/b15-10+. The zero-order valence-corrected chi connectivity index (χ0v) is 16.3. The van der Waals surface area contributed by atoms with E-state index in [-0.39, 0.29) is 16.0 Å². The molecule has 0 radical (unpaired) electrons. The first kappa shape index (κ1) is 19.8. The quantitative estimate of drug-likeness (QED) is 0.546. The van der Waals surface area contributed by atoms with E-state index in [1.165, 1.54) is 18.2 Å². The van der Waals surface area contributed by atoms with Crippen LogP contribution in [0.15, 0.2) is 58.3 Å². The van der Waals surface area contributed by atoms with Gasteiger partial charge in [-0.15, -0.1) is 0 Å². The molecular formula is C21H14F3N3O2S. The van der Waals surface area contributed by atoms with E-state index < -0.39 is 23.2 Å². The van der Waals surface area contributed by atoms with Gasteiger partial charge in [0.1, 0.15) is 5.56 Å². The molecule has 0 unspecified atom stereocenters. The fourth-order valence-corrected chi connectivity index (χ4v) is 3.58. The minimum atomic E-state index is -4.57. The van der Waals surface area contributed by atoms with Gasteiger partial charge in [-0.05, 0) is 49.5 Å². The second kappa shape index (κ2) is 7.10. The number of allylic oxidation sites excluding steroid dienone is 1. The van der Waals surface area contributed by atoms with Crippen molar-refractivity contribution in [2.75, 3.05) is 0 Å². The molecule has 0 fully saturated rings. The summed E-state index contributed by atoms with van der Waals surface area (Å²) in [5, 5.41) is 10.8. The van der Waals surface area contributed by atoms with Crippen molar-refractivity contribution in [2.24, 2.45) is 4.99 Å². The number of aliphatic imine (C=N–C) groups is 1. The fourth-order valence-electron chi connectivity index (χ4n) is 3.29. The van der Waals surface area contributed by atoms with Crippen molar-refractivity contribution in [3.63, 3.8) is 0 Å². The second-order valence-electron chi connectivity index (χ2n) is 6.65. The highest BCUT2D eigenvalue weighted by atomic mass is 32.1. The summed E-state index contributed by atoms with van der Waals surface area (Å²) in [6, 6.07) is 11.6. The summed E-state index contributed by atoms with van der Waals surface area (Å²) in [5.74, 6) is -0.562. The molecule has 0 saturated carbocycles. The predicted octanol–water partition coefficient (Wildman–Crippen LogP) is 5.27. The van der Waals surface area contributed by atoms with Gasteiger partial charge in [0.2, 0.25) is 5.88 Å².